The first-order valence-corrected chi connectivity index (χ1v) is 46.4. The lowest BCUT2D eigenvalue weighted by Crippen LogP contribution is -2.67. The molecular formula is C92H176N2O3. The van der Waals surface area contributed by atoms with Crippen molar-refractivity contribution in [3.8, 4) is 0 Å². The molecule has 2 aliphatic heterocycles. The van der Waals surface area contributed by atoms with Crippen molar-refractivity contribution >= 4 is 5.97 Å². The second-order valence-corrected chi connectivity index (χ2v) is 34.4. The summed E-state index contributed by atoms with van der Waals surface area (Å²) in [6, 6.07) is 1.20. The van der Waals surface area contributed by atoms with Crippen LogP contribution in [-0.4, -0.2) is 71.8 Å². The fourth-order valence-electron chi connectivity index (χ4n) is 20.1. The third-order valence-corrected chi connectivity index (χ3v) is 26.2. The summed E-state index contributed by atoms with van der Waals surface area (Å²) >= 11 is 0. The molecule has 2 saturated heterocycles. The van der Waals surface area contributed by atoms with Crippen molar-refractivity contribution in [1.29, 1.82) is 0 Å². The molecule has 5 nitrogen and oxygen atoms in total. The Kier molecular flexibility index (Phi) is 54.3. The van der Waals surface area contributed by atoms with Crippen LogP contribution < -0.4 is 0 Å². The van der Waals surface area contributed by atoms with Crippen LogP contribution in [0.5, 0.6) is 0 Å². The van der Waals surface area contributed by atoms with Gasteiger partial charge >= 0.3 is 5.97 Å². The van der Waals surface area contributed by atoms with Crippen molar-refractivity contribution in [1.82, 2.24) is 9.80 Å². The number of fused-ring (bicyclic) bond motifs is 6. The standard InChI is InChI=1S/C92H176N2O3/c1-5-9-13-17-21-25-29-33-37-41-45-49-53-57-61-67-77-93(78-68-62-58-54-50-46-42-38-34-30-26-22-18-14-10-6-2)83-73-75-87-89(81-83)96-90-82-84(74-76-88(90)92(87)86-72-66-65-71-85(86)91(95)97-92)94(79-69-63-59-55-51-47-43-39-35-31-27-23-19-15-11-7-3)80-70-64-60-56-52-48-44-40-36-32-28-24-20-16-12-8-4/h83-90H,5-82H2,1-4H3. The van der Waals surface area contributed by atoms with Crippen molar-refractivity contribution in [2.45, 2.75) is 533 Å². The number of unbranched alkanes of at least 4 members (excludes halogenated alkanes) is 60. The maximum absolute atomic E-state index is 14.4. The molecule has 0 N–H and O–H groups in total. The van der Waals surface area contributed by atoms with E-state index in [0.29, 0.717) is 29.8 Å². The molecule has 0 aromatic rings. The number of carbonyl (C=O) groups is 1. The van der Waals surface area contributed by atoms with Gasteiger partial charge in [-0.05, 0) is 103 Å². The molecule has 1 spiro atoms. The minimum Gasteiger partial charge on any atom is -0.458 e. The summed E-state index contributed by atoms with van der Waals surface area (Å²) in [4.78, 5) is 20.5. The topological polar surface area (TPSA) is 42.0 Å². The summed E-state index contributed by atoms with van der Waals surface area (Å²) in [6.07, 6.45) is 104. The van der Waals surface area contributed by atoms with Gasteiger partial charge in [0.2, 0.25) is 0 Å². The first-order chi connectivity index (χ1) is 48.1. The third kappa shape index (κ3) is 38.3. The lowest BCUT2D eigenvalue weighted by molar-refractivity contribution is -0.264. The van der Waals surface area contributed by atoms with Crippen LogP contribution in [0.3, 0.4) is 0 Å². The van der Waals surface area contributed by atoms with Gasteiger partial charge in [0.1, 0.15) is 5.60 Å². The number of ether oxygens (including phenoxy) is 2. The maximum Gasteiger partial charge on any atom is 0.309 e. The monoisotopic (exact) mass is 1360 g/mol. The normalized spacial score (nSPS) is 23.3. The van der Waals surface area contributed by atoms with Gasteiger partial charge in [-0.2, -0.15) is 0 Å². The SMILES string of the molecule is CCCCCCCCCCCCCCCCCCN(CCCCCCCCCCCCCCCCCC)C1CCC2C(C1)OC1CC(N(CCCCCCCCCCCCCCCCCC)CCCCCCCCCCCCCCCCCC)CCC1C21OC(=O)C2CCCCC21. The highest BCUT2D eigenvalue weighted by atomic mass is 16.6. The van der Waals surface area contributed by atoms with Crippen molar-refractivity contribution in [3.05, 3.63) is 0 Å². The van der Waals surface area contributed by atoms with Crippen molar-refractivity contribution in [2.75, 3.05) is 26.2 Å². The molecule has 8 atom stereocenters. The Morgan fingerprint density at radius 1 is 0.268 bits per heavy atom. The fraction of sp³-hybridized carbons (Fsp3) is 0.989. The first kappa shape index (κ1) is 87.0. The van der Waals surface area contributed by atoms with Gasteiger partial charge in [-0.3, -0.25) is 4.79 Å². The molecule has 0 aromatic heterocycles. The third-order valence-electron chi connectivity index (χ3n) is 26.2. The summed E-state index contributed by atoms with van der Waals surface area (Å²) in [5.74, 6) is 1.47. The van der Waals surface area contributed by atoms with Gasteiger partial charge in [0.15, 0.2) is 0 Å². The molecule has 0 aromatic carbocycles. The van der Waals surface area contributed by atoms with E-state index in [-0.39, 0.29) is 29.7 Å². The van der Waals surface area contributed by atoms with Crippen LogP contribution in [0.4, 0.5) is 0 Å². The number of carbonyl (C=O) groups excluding carboxylic acids is 1. The molecule has 3 saturated carbocycles. The zero-order valence-corrected chi connectivity index (χ0v) is 66.9. The quantitative estimate of drug-likeness (QED) is 0.0448. The number of hydrogen-bond acceptors (Lipinski definition) is 5. The van der Waals surface area contributed by atoms with Gasteiger partial charge in [-0.15, -0.1) is 0 Å². The average molecular weight is 1360 g/mol. The number of nitrogens with zero attached hydrogens (tertiary/aromatic N) is 2. The Labute approximate surface area is 609 Å². The van der Waals surface area contributed by atoms with E-state index in [2.05, 4.69) is 37.5 Å². The van der Waals surface area contributed by atoms with Crippen molar-refractivity contribution in [2.24, 2.45) is 23.7 Å². The van der Waals surface area contributed by atoms with Crippen LogP contribution in [0.1, 0.15) is 503 Å². The van der Waals surface area contributed by atoms with Crippen LogP contribution in [0, 0.1) is 23.7 Å². The largest absolute Gasteiger partial charge is 0.458 e. The van der Waals surface area contributed by atoms with Gasteiger partial charge in [0.25, 0.3) is 0 Å². The molecule has 2 heterocycles. The van der Waals surface area contributed by atoms with Gasteiger partial charge in [-0.1, -0.05) is 426 Å². The van der Waals surface area contributed by atoms with E-state index in [0.717, 1.165) is 19.3 Å². The molecule has 572 valence electrons. The van der Waals surface area contributed by atoms with Gasteiger partial charge < -0.3 is 19.3 Å². The predicted molar refractivity (Wildman–Crippen MR) is 427 cm³/mol. The minimum absolute atomic E-state index is 0.131. The van der Waals surface area contributed by atoms with Gasteiger partial charge in [0.05, 0.1) is 18.1 Å². The summed E-state index contributed by atoms with van der Waals surface area (Å²) in [5, 5.41) is 0. The van der Waals surface area contributed by atoms with Gasteiger partial charge in [-0.25, -0.2) is 0 Å². The Balaban J connectivity index is 1.15. The molecule has 97 heavy (non-hydrogen) atoms. The lowest BCUT2D eigenvalue weighted by atomic mass is 9.54. The molecule has 5 fully saturated rings. The first-order valence-electron chi connectivity index (χ1n) is 46.4. The van der Waals surface area contributed by atoms with Crippen LogP contribution >= 0.6 is 0 Å². The molecule has 3 aliphatic carbocycles. The number of rotatable bonds is 70. The van der Waals surface area contributed by atoms with E-state index in [4.69, 9.17) is 9.47 Å². The second-order valence-electron chi connectivity index (χ2n) is 34.4. The fourth-order valence-corrected chi connectivity index (χ4v) is 20.1. The molecule has 8 unspecified atom stereocenters. The van der Waals surface area contributed by atoms with Crippen molar-refractivity contribution in [3.63, 3.8) is 0 Å². The molecule has 5 rings (SSSR count). The Morgan fingerprint density at radius 3 is 0.722 bits per heavy atom. The van der Waals surface area contributed by atoms with E-state index in [1.165, 1.54) is 482 Å². The molecule has 0 amide bonds. The van der Waals surface area contributed by atoms with Crippen LogP contribution in [-0.2, 0) is 14.3 Å². The predicted octanol–water partition coefficient (Wildman–Crippen LogP) is 29.8. The van der Waals surface area contributed by atoms with Crippen molar-refractivity contribution < 1.29 is 14.3 Å². The smallest absolute Gasteiger partial charge is 0.309 e. The Hall–Kier alpha value is -0.650. The van der Waals surface area contributed by atoms with E-state index < -0.39 is 0 Å². The zero-order valence-electron chi connectivity index (χ0n) is 66.9. The second kappa shape index (κ2) is 60.6. The lowest BCUT2D eigenvalue weighted by Gasteiger charge is -2.60. The summed E-state index contributed by atoms with van der Waals surface area (Å²) in [5.41, 5.74) is -0.301. The Bertz CT molecular complexity index is 1550. The molecular weight excluding hydrogens is 1180 g/mol. The van der Waals surface area contributed by atoms with E-state index >= 15 is 0 Å². The van der Waals surface area contributed by atoms with Crippen LogP contribution in [0.15, 0.2) is 0 Å². The molecule has 5 heteroatoms. The molecule has 5 aliphatic rings. The van der Waals surface area contributed by atoms with E-state index in [9.17, 15) is 4.79 Å². The maximum atomic E-state index is 14.4. The molecule has 0 radical (unpaired) electrons. The highest BCUT2D eigenvalue weighted by Crippen LogP contribution is 2.62. The number of esters is 1. The summed E-state index contributed by atoms with van der Waals surface area (Å²) in [7, 11) is 0. The van der Waals surface area contributed by atoms with Crippen LogP contribution in [0.25, 0.3) is 0 Å². The zero-order chi connectivity index (χ0) is 68.4. The number of hydrogen-bond donors (Lipinski definition) is 0. The highest BCUT2D eigenvalue weighted by Gasteiger charge is 2.69. The summed E-state index contributed by atoms with van der Waals surface area (Å²) < 4.78 is 15.1. The van der Waals surface area contributed by atoms with E-state index in [1.54, 1.807) is 0 Å². The minimum atomic E-state index is -0.301. The van der Waals surface area contributed by atoms with Gasteiger partial charge in [0, 0.05) is 29.8 Å². The molecule has 0 bridgehead atoms. The van der Waals surface area contributed by atoms with Crippen LogP contribution in [0.2, 0.25) is 0 Å². The average Bonchev–Trinajstić information content (AvgIpc) is 1.62. The summed E-state index contributed by atoms with van der Waals surface area (Å²) in [6.45, 7) is 14.4. The Morgan fingerprint density at radius 2 is 0.485 bits per heavy atom. The highest BCUT2D eigenvalue weighted by molar-refractivity contribution is 5.76. The van der Waals surface area contributed by atoms with E-state index in [1.807, 2.05) is 0 Å².